The first-order valence-corrected chi connectivity index (χ1v) is 9.98. The number of rotatable bonds is 7. The highest BCUT2D eigenvalue weighted by Crippen LogP contribution is 2.36. The van der Waals surface area contributed by atoms with Gasteiger partial charge in [0.25, 0.3) is 0 Å². The number of amidine groups is 1. The molecule has 8 heteroatoms. The first-order chi connectivity index (χ1) is 13.2. The lowest BCUT2D eigenvalue weighted by Crippen LogP contribution is -2.43. The summed E-state index contributed by atoms with van der Waals surface area (Å²) < 4.78 is 33.4. The van der Waals surface area contributed by atoms with Crippen LogP contribution in [-0.2, 0) is 10.3 Å². The van der Waals surface area contributed by atoms with Crippen LogP contribution >= 0.6 is 11.8 Å². The number of nitrogens with two attached hydrogens (primary N) is 1. The molecule has 3 N–H and O–H groups in total. The molecule has 1 aliphatic rings. The molecule has 0 aromatic heterocycles. The van der Waals surface area contributed by atoms with E-state index in [4.69, 9.17) is 10.5 Å². The number of carbonyl (C=O) groups excluding carboxylic acids is 1. The van der Waals surface area contributed by atoms with Gasteiger partial charge >= 0.3 is 12.0 Å². The maximum atomic E-state index is 14.3. The van der Waals surface area contributed by atoms with Crippen LogP contribution in [0.2, 0.25) is 0 Å². The van der Waals surface area contributed by atoms with Crippen LogP contribution in [0.3, 0.4) is 0 Å². The molecule has 152 valence electrons. The van der Waals surface area contributed by atoms with Gasteiger partial charge in [-0.1, -0.05) is 43.0 Å². The Balaban J connectivity index is 2.17. The van der Waals surface area contributed by atoms with Crippen LogP contribution in [0.4, 0.5) is 8.78 Å². The molecular formula is C20H25F2N3O2S. The van der Waals surface area contributed by atoms with E-state index < -0.39 is 17.6 Å². The van der Waals surface area contributed by atoms with Crippen LogP contribution in [0, 0.1) is 0 Å². The van der Waals surface area contributed by atoms with Gasteiger partial charge in [0.2, 0.25) is 0 Å². The molecule has 0 fully saturated rings. The second-order valence-electron chi connectivity index (χ2n) is 6.48. The number of thioether (sulfide) groups is 1. The second kappa shape index (κ2) is 9.23. The summed E-state index contributed by atoms with van der Waals surface area (Å²) in [5.41, 5.74) is 6.18. The fourth-order valence-electron chi connectivity index (χ4n) is 2.64. The van der Waals surface area contributed by atoms with Crippen LogP contribution in [-0.4, -0.2) is 22.9 Å². The van der Waals surface area contributed by atoms with Crippen molar-refractivity contribution >= 4 is 22.8 Å². The van der Waals surface area contributed by atoms with Crippen molar-refractivity contribution in [3.63, 3.8) is 0 Å². The third kappa shape index (κ3) is 5.58. The van der Waals surface area contributed by atoms with Gasteiger partial charge in [-0.3, -0.25) is 9.79 Å². The summed E-state index contributed by atoms with van der Waals surface area (Å²) in [6.07, 6.45) is 2.26. The summed E-state index contributed by atoms with van der Waals surface area (Å²) in [6.45, 7) is 5.44. The normalized spacial score (nSPS) is 20.8. The van der Waals surface area contributed by atoms with Crippen molar-refractivity contribution < 1.29 is 18.3 Å². The smallest absolute Gasteiger partial charge is 0.425 e. The van der Waals surface area contributed by atoms with Gasteiger partial charge in [0.1, 0.15) is 5.75 Å². The van der Waals surface area contributed by atoms with E-state index in [1.165, 1.54) is 30.0 Å². The summed E-state index contributed by atoms with van der Waals surface area (Å²) >= 11 is 1.46. The largest absolute Gasteiger partial charge is 0.482 e. The van der Waals surface area contributed by atoms with Crippen molar-refractivity contribution in [2.75, 3.05) is 5.75 Å². The average molecular weight is 410 g/mol. The average Bonchev–Trinajstić information content (AvgIpc) is 2.64. The SMILES string of the molecule is C/C=C(\C=C/CC)NC(=O)C(F)(F)Oc1cccc(C2(C)CCSC(N)=N2)c1. The number of halogens is 2. The van der Waals surface area contributed by atoms with Gasteiger partial charge < -0.3 is 15.8 Å². The van der Waals surface area contributed by atoms with Gasteiger partial charge in [-0.05, 0) is 50.5 Å². The molecule has 0 saturated carbocycles. The molecule has 0 aliphatic carbocycles. The van der Waals surface area contributed by atoms with E-state index in [1.807, 2.05) is 13.8 Å². The fraction of sp³-hybridized carbons (Fsp3) is 0.400. The molecule has 5 nitrogen and oxygen atoms in total. The Morgan fingerprint density at radius 1 is 1.50 bits per heavy atom. The molecule has 1 atom stereocenters. The zero-order valence-electron chi connectivity index (χ0n) is 16.2. The summed E-state index contributed by atoms with van der Waals surface area (Å²) in [6, 6.07) is 6.23. The minimum Gasteiger partial charge on any atom is -0.425 e. The first kappa shape index (κ1) is 21.9. The monoisotopic (exact) mass is 409 g/mol. The van der Waals surface area contributed by atoms with Crippen molar-refractivity contribution in [1.29, 1.82) is 0 Å². The molecule has 0 spiro atoms. The lowest BCUT2D eigenvalue weighted by molar-refractivity contribution is -0.192. The summed E-state index contributed by atoms with van der Waals surface area (Å²) in [4.78, 5) is 16.4. The lowest BCUT2D eigenvalue weighted by Gasteiger charge is -2.30. The van der Waals surface area contributed by atoms with E-state index in [1.54, 1.807) is 31.2 Å². The topological polar surface area (TPSA) is 76.7 Å². The number of amides is 1. The molecular weight excluding hydrogens is 384 g/mol. The number of allylic oxidation sites excluding steroid dienone is 3. The highest BCUT2D eigenvalue weighted by Gasteiger charge is 2.42. The Morgan fingerprint density at radius 2 is 2.25 bits per heavy atom. The van der Waals surface area contributed by atoms with Crippen molar-refractivity contribution in [2.24, 2.45) is 10.7 Å². The van der Waals surface area contributed by atoms with Gasteiger partial charge in [0.05, 0.1) is 5.54 Å². The maximum Gasteiger partial charge on any atom is 0.482 e. The Kier molecular flexibility index (Phi) is 7.23. The molecule has 1 aromatic rings. The molecule has 0 radical (unpaired) electrons. The number of hydrogen-bond acceptors (Lipinski definition) is 5. The van der Waals surface area contributed by atoms with Crippen LogP contribution in [0.1, 0.15) is 39.2 Å². The Hall–Kier alpha value is -2.35. The molecule has 0 bridgehead atoms. The zero-order valence-corrected chi connectivity index (χ0v) is 17.0. The Morgan fingerprint density at radius 3 is 2.89 bits per heavy atom. The molecule has 1 aromatic carbocycles. The number of ether oxygens (including phenoxy) is 1. The Bertz CT molecular complexity index is 808. The third-order valence-corrected chi connectivity index (χ3v) is 5.06. The van der Waals surface area contributed by atoms with Gasteiger partial charge in [-0.25, -0.2) is 0 Å². The summed E-state index contributed by atoms with van der Waals surface area (Å²) in [5.74, 6) is -0.862. The van der Waals surface area contributed by atoms with Crippen LogP contribution < -0.4 is 15.8 Å². The number of carbonyl (C=O) groups is 1. The van der Waals surface area contributed by atoms with E-state index >= 15 is 0 Å². The number of nitrogens with one attached hydrogen (secondary N) is 1. The second-order valence-corrected chi connectivity index (χ2v) is 7.59. The highest BCUT2D eigenvalue weighted by atomic mass is 32.2. The zero-order chi connectivity index (χ0) is 20.8. The van der Waals surface area contributed by atoms with E-state index in [2.05, 4.69) is 10.3 Å². The number of hydrogen-bond donors (Lipinski definition) is 2. The molecule has 0 saturated heterocycles. The number of aliphatic imine (C=N–C) groups is 1. The Labute approximate surface area is 168 Å². The fourth-order valence-corrected chi connectivity index (χ4v) is 3.62. The lowest BCUT2D eigenvalue weighted by atomic mass is 9.90. The van der Waals surface area contributed by atoms with Crippen molar-refractivity contribution in [1.82, 2.24) is 5.32 Å². The number of nitrogens with zero attached hydrogens (tertiary/aromatic N) is 1. The molecule has 1 unspecified atom stereocenters. The predicted molar refractivity (Wildman–Crippen MR) is 109 cm³/mol. The van der Waals surface area contributed by atoms with E-state index in [0.717, 1.165) is 12.2 Å². The highest BCUT2D eigenvalue weighted by molar-refractivity contribution is 8.13. The summed E-state index contributed by atoms with van der Waals surface area (Å²) in [5, 5.41) is 2.63. The minimum absolute atomic E-state index is 0.114. The minimum atomic E-state index is -4.03. The molecule has 2 rings (SSSR count). The predicted octanol–water partition coefficient (Wildman–Crippen LogP) is 4.31. The molecule has 1 aliphatic heterocycles. The van der Waals surface area contributed by atoms with Crippen LogP contribution in [0.5, 0.6) is 5.75 Å². The van der Waals surface area contributed by atoms with E-state index in [9.17, 15) is 13.6 Å². The number of benzene rings is 1. The standard InChI is InChI=1S/C20H25F2N3O2S/c1-4-6-9-15(5-2)24-17(26)20(21,22)27-16-10-7-8-14(13-16)19(3)11-12-28-18(23)25-19/h5-10,13H,4,11-12H2,1-3H3,(H2,23,25)(H,24,26)/b9-6-,15-5+. The molecule has 1 heterocycles. The first-order valence-electron chi connectivity index (χ1n) is 9.00. The van der Waals surface area contributed by atoms with Crippen LogP contribution in [0.15, 0.2) is 53.2 Å². The molecule has 28 heavy (non-hydrogen) atoms. The maximum absolute atomic E-state index is 14.3. The van der Waals surface area contributed by atoms with Gasteiger partial charge in [0, 0.05) is 11.4 Å². The van der Waals surface area contributed by atoms with Crippen molar-refractivity contribution in [3.05, 3.63) is 53.8 Å². The number of alkyl halides is 2. The quantitative estimate of drug-likeness (QED) is 0.658. The molecule has 1 amide bonds. The van der Waals surface area contributed by atoms with E-state index in [-0.39, 0.29) is 11.4 Å². The van der Waals surface area contributed by atoms with Gasteiger partial charge in [-0.2, -0.15) is 8.78 Å². The van der Waals surface area contributed by atoms with Crippen molar-refractivity contribution in [3.8, 4) is 5.75 Å². The van der Waals surface area contributed by atoms with Gasteiger partial charge in [0.15, 0.2) is 5.17 Å². The van der Waals surface area contributed by atoms with E-state index in [0.29, 0.717) is 17.2 Å². The third-order valence-electron chi connectivity index (χ3n) is 4.26. The van der Waals surface area contributed by atoms with Crippen LogP contribution in [0.25, 0.3) is 0 Å². The summed E-state index contributed by atoms with van der Waals surface area (Å²) in [7, 11) is 0. The van der Waals surface area contributed by atoms with Gasteiger partial charge in [-0.15, -0.1) is 0 Å². The van der Waals surface area contributed by atoms with Crippen molar-refractivity contribution in [2.45, 2.75) is 45.3 Å².